The third-order valence-corrected chi connectivity index (χ3v) is 12.6. The lowest BCUT2D eigenvalue weighted by Crippen LogP contribution is -2.52. The number of carbonyl (C=O) groups excluding carboxylic acids is 9. The van der Waals surface area contributed by atoms with E-state index in [1.165, 1.54) is 6.07 Å². The minimum Gasteiger partial charge on any atom is -0.460 e. The minimum absolute atomic E-state index is 0.0201. The Morgan fingerprint density at radius 1 is 0.857 bits per heavy atom. The van der Waals surface area contributed by atoms with E-state index >= 15 is 4.39 Å². The van der Waals surface area contributed by atoms with Gasteiger partial charge in [-0.2, -0.15) is 0 Å². The van der Waals surface area contributed by atoms with Gasteiger partial charge in [0.15, 0.2) is 0 Å². The number of rotatable bonds is 18. The van der Waals surface area contributed by atoms with E-state index in [9.17, 15) is 47.9 Å². The third-order valence-electron chi connectivity index (χ3n) is 12.6. The van der Waals surface area contributed by atoms with E-state index in [0.29, 0.717) is 79.8 Å². The second kappa shape index (κ2) is 20.6. The molecule has 2 aromatic carbocycles. The highest BCUT2D eigenvalue weighted by Crippen LogP contribution is 2.45. The molecule has 4 aliphatic rings. The SMILES string of the molecule is CCC1C(=O)OCc2c1cc1n(c2=O)Cc2c-1nc1cc(F)c(C)c3c1c2C(NC(=O)COCNC(=O)CNC(=O)C(Cc1ccccc1)NC(=O)CNC(=O)CNC(=O)CN1C(=O)C=CC1=O)CC3. The number of aromatic nitrogens is 2. The molecule has 4 aromatic rings. The highest BCUT2D eigenvalue weighted by Gasteiger charge is 2.38. The van der Waals surface area contributed by atoms with Crippen LogP contribution >= 0.6 is 0 Å². The van der Waals surface area contributed by atoms with Crippen molar-refractivity contribution in [1.82, 2.24) is 46.4 Å². The fraction of sp³-hybridized carbons (Fsp3) is 0.354. The fourth-order valence-corrected chi connectivity index (χ4v) is 9.10. The Balaban J connectivity index is 0.837. The second-order valence-electron chi connectivity index (χ2n) is 17.1. The van der Waals surface area contributed by atoms with Gasteiger partial charge in [-0.15, -0.1) is 0 Å². The zero-order valence-electron chi connectivity index (χ0n) is 38.0. The molecular formula is C48H48FN9O12. The maximum Gasteiger partial charge on any atom is 0.313 e. The lowest BCUT2D eigenvalue weighted by atomic mass is 9.81. The van der Waals surface area contributed by atoms with E-state index < -0.39 is 117 Å². The van der Waals surface area contributed by atoms with Crippen LogP contribution in [0.2, 0.25) is 0 Å². The molecular weight excluding hydrogens is 914 g/mol. The summed E-state index contributed by atoms with van der Waals surface area (Å²) in [5.41, 5.74) is 5.30. The summed E-state index contributed by atoms with van der Waals surface area (Å²) < 4.78 is 27.7. The van der Waals surface area contributed by atoms with E-state index in [1.54, 1.807) is 47.9 Å². The van der Waals surface area contributed by atoms with Crippen LogP contribution in [0.15, 0.2) is 59.4 Å². The molecule has 3 unspecified atom stereocenters. The first-order valence-electron chi connectivity index (χ1n) is 22.5. The molecule has 0 spiro atoms. The molecule has 0 bridgehead atoms. The Bertz CT molecular complexity index is 2960. The van der Waals surface area contributed by atoms with Crippen molar-refractivity contribution >= 4 is 64.1 Å². The van der Waals surface area contributed by atoms with E-state index in [-0.39, 0.29) is 25.1 Å². The van der Waals surface area contributed by atoms with Crippen molar-refractivity contribution in [2.75, 3.05) is 39.5 Å². The number of nitrogens with zero attached hydrogens (tertiary/aromatic N) is 3. The number of amides is 8. The van der Waals surface area contributed by atoms with Crippen LogP contribution in [0.4, 0.5) is 4.39 Å². The van der Waals surface area contributed by atoms with Crippen molar-refractivity contribution in [1.29, 1.82) is 0 Å². The number of pyridine rings is 2. The minimum atomic E-state index is -1.19. The van der Waals surface area contributed by atoms with Gasteiger partial charge in [-0.25, -0.2) is 9.37 Å². The fourth-order valence-electron chi connectivity index (χ4n) is 9.10. The zero-order valence-corrected chi connectivity index (χ0v) is 38.0. The van der Waals surface area contributed by atoms with Crippen LogP contribution < -0.4 is 37.5 Å². The number of nitrogens with one attached hydrogen (secondary N) is 6. The number of hydrogen-bond acceptors (Lipinski definition) is 13. The van der Waals surface area contributed by atoms with Gasteiger partial charge in [0.2, 0.25) is 35.4 Å². The first-order chi connectivity index (χ1) is 33.6. The number of halogens is 1. The number of imide groups is 1. The molecule has 21 nitrogen and oxygen atoms in total. The molecule has 1 aliphatic carbocycles. The number of cyclic esters (lactones) is 1. The van der Waals surface area contributed by atoms with Crippen molar-refractivity contribution in [3.63, 3.8) is 0 Å². The Labute approximate surface area is 397 Å². The second-order valence-corrected chi connectivity index (χ2v) is 17.1. The van der Waals surface area contributed by atoms with Crippen LogP contribution in [0.25, 0.3) is 22.3 Å². The summed E-state index contributed by atoms with van der Waals surface area (Å²) in [7, 11) is 0. The molecule has 0 saturated heterocycles. The average molecular weight is 962 g/mol. The summed E-state index contributed by atoms with van der Waals surface area (Å²) in [6, 6.07) is 10.1. The summed E-state index contributed by atoms with van der Waals surface area (Å²) in [6.45, 7) is 0.372. The van der Waals surface area contributed by atoms with Gasteiger partial charge in [-0.05, 0) is 60.1 Å². The Hall–Kier alpha value is -8.14. The topological polar surface area (TPSA) is 282 Å². The molecule has 3 atom stereocenters. The van der Waals surface area contributed by atoms with Crippen LogP contribution in [0, 0.1) is 12.7 Å². The number of hydrogen-bond donors (Lipinski definition) is 6. The summed E-state index contributed by atoms with van der Waals surface area (Å²) in [4.78, 5) is 132. The van der Waals surface area contributed by atoms with E-state index in [1.807, 2.05) is 6.92 Å². The maximum absolute atomic E-state index is 15.3. The first kappa shape index (κ1) is 48.3. The largest absolute Gasteiger partial charge is 0.460 e. The molecule has 8 rings (SSSR count). The predicted molar refractivity (Wildman–Crippen MR) is 243 cm³/mol. The van der Waals surface area contributed by atoms with Crippen molar-refractivity contribution < 1.29 is 57.0 Å². The molecule has 0 fully saturated rings. The highest BCUT2D eigenvalue weighted by molar-refractivity contribution is 6.14. The molecule has 0 radical (unpaired) electrons. The third kappa shape index (κ3) is 10.2. The number of ether oxygens (including phenoxy) is 2. The lowest BCUT2D eigenvalue weighted by molar-refractivity contribution is -0.148. The van der Waals surface area contributed by atoms with Gasteiger partial charge in [0.05, 0.1) is 60.6 Å². The normalized spacial score (nSPS) is 16.7. The van der Waals surface area contributed by atoms with Crippen LogP contribution in [0.3, 0.4) is 0 Å². The summed E-state index contributed by atoms with van der Waals surface area (Å²) >= 11 is 0. The lowest BCUT2D eigenvalue weighted by Gasteiger charge is -2.29. The number of fused-ring (bicyclic) bond motifs is 5. The van der Waals surface area contributed by atoms with Gasteiger partial charge in [0, 0.05) is 35.6 Å². The molecule has 6 N–H and O–H groups in total. The first-order valence-corrected chi connectivity index (χ1v) is 22.5. The average Bonchev–Trinajstić information content (AvgIpc) is 3.87. The molecule has 3 aliphatic heterocycles. The monoisotopic (exact) mass is 961 g/mol. The van der Waals surface area contributed by atoms with Gasteiger partial charge in [0.25, 0.3) is 17.4 Å². The van der Waals surface area contributed by atoms with Crippen molar-refractivity contribution in [3.8, 4) is 11.4 Å². The molecule has 5 heterocycles. The van der Waals surface area contributed by atoms with Crippen LogP contribution in [-0.4, -0.2) is 113 Å². The van der Waals surface area contributed by atoms with Crippen LogP contribution in [-0.2, 0) is 78.6 Å². The summed E-state index contributed by atoms with van der Waals surface area (Å²) in [6.07, 6.45) is 3.31. The number of aryl methyl sites for hydroxylation is 1. The van der Waals surface area contributed by atoms with Gasteiger partial charge < -0.3 is 45.9 Å². The maximum atomic E-state index is 15.3. The zero-order chi connectivity index (χ0) is 49.8. The molecule has 0 saturated carbocycles. The van der Waals surface area contributed by atoms with Crippen molar-refractivity contribution in [2.24, 2.45) is 0 Å². The van der Waals surface area contributed by atoms with Gasteiger partial charge in [-0.3, -0.25) is 52.8 Å². The van der Waals surface area contributed by atoms with Crippen molar-refractivity contribution in [3.05, 3.63) is 110 Å². The Morgan fingerprint density at radius 3 is 2.30 bits per heavy atom. The number of carbonyl (C=O) groups is 9. The standard InChI is InChI=1S/C48H48FN9O12/c1-3-26-28-14-35-45-29(19-57(35)47(67)30(28)21-70-48(26)68)44-32(10-9-27-24(2)31(49)15-33(56-45)43(27)44)54-40(63)22-69-23-53-37(60)17-52-46(66)34(13-25-7-5-4-6-8-25)55-38(61)18-50-36(59)16-51-39(62)20-58-41(64)11-12-42(58)65/h4-8,11-12,14-15,26,32,34H,3,9-10,13,16-23H2,1-2H3,(H,50,59)(H,51,62)(H,52,66)(H,53,60)(H,54,63)(H,55,61). The molecule has 22 heteroatoms. The molecule has 364 valence electrons. The molecule has 2 aromatic heterocycles. The Kier molecular flexibility index (Phi) is 14.2. The van der Waals surface area contributed by atoms with E-state index in [2.05, 4.69) is 31.9 Å². The van der Waals surface area contributed by atoms with Gasteiger partial charge >= 0.3 is 5.97 Å². The predicted octanol–water partition coefficient (Wildman–Crippen LogP) is -0.382. The van der Waals surface area contributed by atoms with E-state index in [0.717, 1.165) is 17.7 Å². The highest BCUT2D eigenvalue weighted by atomic mass is 19.1. The summed E-state index contributed by atoms with van der Waals surface area (Å²) in [5, 5.41) is 15.7. The Morgan fingerprint density at radius 2 is 1.56 bits per heavy atom. The van der Waals surface area contributed by atoms with Gasteiger partial charge in [0.1, 0.15) is 38.3 Å². The number of benzene rings is 2. The van der Waals surface area contributed by atoms with Gasteiger partial charge in [-0.1, -0.05) is 37.3 Å². The molecule has 8 amide bonds. The smallest absolute Gasteiger partial charge is 0.313 e. The summed E-state index contributed by atoms with van der Waals surface area (Å²) in [5.74, 6) is -7.03. The quantitative estimate of drug-likeness (QED) is 0.0283. The van der Waals surface area contributed by atoms with Crippen LogP contribution in [0.5, 0.6) is 0 Å². The van der Waals surface area contributed by atoms with Crippen LogP contribution in [0.1, 0.15) is 70.7 Å². The number of esters is 1. The van der Waals surface area contributed by atoms with E-state index in [4.69, 9.17) is 14.5 Å². The van der Waals surface area contributed by atoms with Crippen molar-refractivity contribution in [2.45, 2.75) is 70.7 Å². The molecule has 70 heavy (non-hydrogen) atoms.